The molecule has 0 amide bonds. The Balaban J connectivity index is 1.57. The largest absolute Gasteiger partial charge is 0.481 e. The van der Waals surface area contributed by atoms with Crippen LogP contribution in [0.15, 0.2) is 0 Å². The zero-order chi connectivity index (χ0) is 24.2. The van der Waals surface area contributed by atoms with Crippen LogP contribution in [0.3, 0.4) is 0 Å². The first-order valence-corrected chi connectivity index (χ1v) is 13.6. The second-order valence-electron chi connectivity index (χ2n) is 14.4. The van der Waals surface area contributed by atoms with E-state index < -0.39 is 17.0 Å². The minimum atomic E-state index is -0.768. The van der Waals surface area contributed by atoms with Crippen molar-refractivity contribution in [2.45, 2.75) is 118 Å². The molecule has 0 aromatic rings. The van der Waals surface area contributed by atoms with Crippen molar-refractivity contribution < 1.29 is 19.8 Å². The fourth-order valence-electron chi connectivity index (χ4n) is 11.0. The van der Waals surface area contributed by atoms with Crippen LogP contribution in [-0.4, -0.2) is 27.6 Å². The maximum atomic E-state index is 12.8. The number of aliphatic carboxylic acids is 1. The predicted molar refractivity (Wildman–Crippen MR) is 129 cm³/mol. The van der Waals surface area contributed by atoms with Gasteiger partial charge in [0, 0.05) is 12.3 Å². The fourth-order valence-corrected chi connectivity index (χ4v) is 11.0. The highest BCUT2D eigenvalue weighted by Gasteiger charge is 2.72. The Bertz CT molecular complexity index is 879. The van der Waals surface area contributed by atoms with Crippen LogP contribution in [0.1, 0.15) is 112 Å². The summed E-state index contributed by atoms with van der Waals surface area (Å²) in [7, 11) is 0. The molecule has 10 atom stereocenters. The van der Waals surface area contributed by atoms with Gasteiger partial charge in [0.05, 0.1) is 11.0 Å². The summed E-state index contributed by atoms with van der Waals surface area (Å²) in [6.45, 7) is 13.9. The number of carboxylic acid groups (broad SMARTS) is 1. The molecule has 0 saturated heterocycles. The van der Waals surface area contributed by atoms with E-state index in [4.69, 9.17) is 0 Å². The molecule has 5 fully saturated rings. The van der Waals surface area contributed by atoms with Crippen LogP contribution in [0.25, 0.3) is 0 Å². The molecule has 5 rings (SSSR count). The third-order valence-corrected chi connectivity index (χ3v) is 13.5. The standard InChI is InChI=1S/C29H46O4/c1-18-19(30)7-8-20-25(18,3)10-9-21-26(20,4)12-13-28(6)22-17-24(2,33)11-15-29(22,23(31)32)16-14-27(21,28)5/h18,20-22,33H,7-17H2,1-6H3,(H,31,32). The monoisotopic (exact) mass is 458 g/mol. The smallest absolute Gasteiger partial charge is 0.309 e. The molecule has 5 aliphatic carbocycles. The van der Waals surface area contributed by atoms with Crippen LogP contribution in [0.5, 0.6) is 0 Å². The molecule has 0 aromatic heterocycles. The van der Waals surface area contributed by atoms with Crippen molar-refractivity contribution in [3.8, 4) is 0 Å². The number of fused-ring (bicyclic) bond motifs is 7. The minimum Gasteiger partial charge on any atom is -0.481 e. The third-order valence-electron chi connectivity index (χ3n) is 13.5. The first kappa shape index (κ1) is 23.8. The van der Waals surface area contributed by atoms with Crippen LogP contribution in [0.2, 0.25) is 0 Å². The van der Waals surface area contributed by atoms with Crippen LogP contribution in [0, 0.1) is 50.7 Å². The molecule has 186 valence electrons. The van der Waals surface area contributed by atoms with Crippen molar-refractivity contribution in [2.24, 2.45) is 50.7 Å². The molecule has 10 unspecified atom stereocenters. The second kappa shape index (κ2) is 6.86. The lowest BCUT2D eigenvalue weighted by molar-refractivity contribution is -0.263. The Morgan fingerprint density at radius 1 is 0.788 bits per heavy atom. The Morgan fingerprint density at radius 3 is 2.06 bits per heavy atom. The van der Waals surface area contributed by atoms with E-state index in [9.17, 15) is 19.8 Å². The lowest BCUT2D eigenvalue weighted by Crippen LogP contribution is -2.69. The van der Waals surface area contributed by atoms with Gasteiger partial charge in [-0.3, -0.25) is 9.59 Å². The van der Waals surface area contributed by atoms with Gasteiger partial charge in [-0.1, -0.05) is 34.6 Å². The van der Waals surface area contributed by atoms with E-state index in [2.05, 4.69) is 34.6 Å². The number of carbonyl (C=O) groups excluding carboxylic acids is 1. The van der Waals surface area contributed by atoms with Crippen molar-refractivity contribution in [1.29, 1.82) is 0 Å². The molecule has 2 N–H and O–H groups in total. The topological polar surface area (TPSA) is 74.6 Å². The van der Waals surface area contributed by atoms with E-state index in [1.807, 2.05) is 6.92 Å². The van der Waals surface area contributed by atoms with Gasteiger partial charge in [0.1, 0.15) is 5.78 Å². The summed E-state index contributed by atoms with van der Waals surface area (Å²) in [6, 6.07) is 0. The van der Waals surface area contributed by atoms with Crippen molar-refractivity contribution >= 4 is 11.8 Å². The number of hydrogen-bond donors (Lipinski definition) is 2. The number of ketones is 1. The third kappa shape index (κ3) is 2.79. The summed E-state index contributed by atoms with van der Waals surface area (Å²) in [5.41, 5.74) is -1.16. The molecule has 5 aliphatic rings. The van der Waals surface area contributed by atoms with E-state index in [0.29, 0.717) is 36.9 Å². The van der Waals surface area contributed by atoms with Gasteiger partial charge < -0.3 is 10.2 Å². The van der Waals surface area contributed by atoms with Crippen molar-refractivity contribution in [3.05, 3.63) is 0 Å². The highest BCUT2D eigenvalue weighted by atomic mass is 16.4. The zero-order valence-electron chi connectivity index (χ0n) is 21.8. The van der Waals surface area contributed by atoms with E-state index in [-0.39, 0.29) is 33.5 Å². The SMILES string of the molecule is CC1C(=O)CCC2C1(C)CCC1C2(C)CCC2(C)C3CC(C)(O)CCC3(C(=O)O)CCC12C. The molecular weight excluding hydrogens is 412 g/mol. The van der Waals surface area contributed by atoms with Crippen LogP contribution in [-0.2, 0) is 9.59 Å². The first-order chi connectivity index (χ1) is 15.2. The van der Waals surface area contributed by atoms with Crippen molar-refractivity contribution in [1.82, 2.24) is 0 Å². The normalized spacial score (nSPS) is 58.5. The highest BCUT2D eigenvalue weighted by molar-refractivity contribution is 5.82. The summed E-state index contributed by atoms with van der Waals surface area (Å²) in [5, 5.41) is 21.6. The number of rotatable bonds is 1. The number of Topliss-reactive ketones (excluding diaryl/α,β-unsaturated/α-hetero) is 1. The molecule has 0 radical (unpaired) electrons. The molecule has 4 nitrogen and oxygen atoms in total. The van der Waals surface area contributed by atoms with Crippen molar-refractivity contribution in [2.75, 3.05) is 0 Å². The first-order valence-electron chi connectivity index (χ1n) is 13.6. The van der Waals surface area contributed by atoms with Gasteiger partial charge in [0.25, 0.3) is 0 Å². The maximum absolute atomic E-state index is 12.8. The summed E-state index contributed by atoms with van der Waals surface area (Å²) in [5.74, 6) is 1.12. The summed E-state index contributed by atoms with van der Waals surface area (Å²) >= 11 is 0. The van der Waals surface area contributed by atoms with E-state index >= 15 is 0 Å². The Kier molecular flexibility index (Phi) is 4.95. The quantitative estimate of drug-likeness (QED) is 0.487. The van der Waals surface area contributed by atoms with Crippen LogP contribution >= 0.6 is 0 Å². The van der Waals surface area contributed by atoms with Gasteiger partial charge in [-0.25, -0.2) is 0 Å². The lowest BCUT2D eigenvalue weighted by Gasteiger charge is -2.74. The summed E-state index contributed by atoms with van der Waals surface area (Å²) in [6.07, 6.45) is 9.72. The Labute approximate surface area is 200 Å². The fraction of sp³-hybridized carbons (Fsp3) is 0.931. The summed E-state index contributed by atoms with van der Waals surface area (Å²) in [4.78, 5) is 25.5. The highest BCUT2D eigenvalue weighted by Crippen LogP contribution is 2.78. The molecule has 0 bridgehead atoms. The second-order valence-corrected chi connectivity index (χ2v) is 14.4. The molecule has 4 heteroatoms. The molecular formula is C29H46O4. The predicted octanol–water partition coefficient (Wildman–Crippen LogP) is 6.25. The average Bonchev–Trinajstić information content (AvgIpc) is 2.73. The zero-order valence-corrected chi connectivity index (χ0v) is 21.8. The van der Waals surface area contributed by atoms with E-state index in [1.165, 1.54) is 0 Å². The maximum Gasteiger partial charge on any atom is 0.309 e. The number of carboxylic acids is 1. The number of hydrogen-bond acceptors (Lipinski definition) is 3. The lowest BCUT2D eigenvalue weighted by atomic mass is 9.30. The van der Waals surface area contributed by atoms with Gasteiger partial charge in [0.2, 0.25) is 0 Å². The van der Waals surface area contributed by atoms with Gasteiger partial charge in [-0.05, 0) is 111 Å². The Morgan fingerprint density at radius 2 is 1.39 bits per heavy atom. The number of aliphatic hydroxyl groups is 1. The molecule has 0 aromatic carbocycles. The number of carbonyl (C=O) groups is 2. The molecule has 0 heterocycles. The van der Waals surface area contributed by atoms with E-state index in [0.717, 1.165) is 51.4 Å². The summed E-state index contributed by atoms with van der Waals surface area (Å²) < 4.78 is 0. The van der Waals surface area contributed by atoms with Gasteiger partial charge in [-0.15, -0.1) is 0 Å². The molecule has 33 heavy (non-hydrogen) atoms. The molecule has 0 aliphatic heterocycles. The average molecular weight is 459 g/mol. The Hall–Kier alpha value is -0.900. The molecule has 0 spiro atoms. The van der Waals surface area contributed by atoms with E-state index in [1.54, 1.807) is 0 Å². The van der Waals surface area contributed by atoms with Gasteiger partial charge in [0.15, 0.2) is 0 Å². The minimum absolute atomic E-state index is 0.0229. The van der Waals surface area contributed by atoms with Crippen molar-refractivity contribution in [3.63, 3.8) is 0 Å². The molecule has 5 saturated carbocycles. The van der Waals surface area contributed by atoms with Gasteiger partial charge in [-0.2, -0.15) is 0 Å². The van der Waals surface area contributed by atoms with Gasteiger partial charge >= 0.3 is 5.97 Å². The van der Waals surface area contributed by atoms with Crippen LogP contribution < -0.4 is 0 Å². The van der Waals surface area contributed by atoms with Crippen LogP contribution in [0.4, 0.5) is 0 Å².